The standard InChI is InChI=1S/C13H18N2OS/c1-8(9-3-4-9)15(2)13-14-12(10-5-6-10)11(7-16)17-13/h7-10H,3-6H2,1-2H3. The quantitative estimate of drug-likeness (QED) is 0.753. The third kappa shape index (κ3) is 2.10. The molecular formula is C13H18N2OS. The Labute approximate surface area is 106 Å². The molecule has 2 aliphatic rings. The van der Waals surface area contributed by atoms with Crippen molar-refractivity contribution in [2.75, 3.05) is 11.9 Å². The smallest absolute Gasteiger partial charge is 0.186 e. The maximum Gasteiger partial charge on any atom is 0.186 e. The second kappa shape index (κ2) is 4.09. The number of rotatable bonds is 5. The predicted octanol–water partition coefficient (Wildman–Crippen LogP) is 3.07. The Balaban J connectivity index is 1.83. The van der Waals surface area contributed by atoms with Crippen LogP contribution in [0.2, 0.25) is 0 Å². The third-order valence-electron chi connectivity index (χ3n) is 3.96. The van der Waals surface area contributed by atoms with Crippen LogP contribution in [0.25, 0.3) is 0 Å². The lowest BCUT2D eigenvalue weighted by atomic mass is 10.2. The maximum absolute atomic E-state index is 11.1. The van der Waals surface area contributed by atoms with Crippen molar-refractivity contribution >= 4 is 22.8 Å². The molecule has 1 aromatic rings. The molecule has 0 bridgehead atoms. The van der Waals surface area contributed by atoms with Gasteiger partial charge in [-0.25, -0.2) is 4.98 Å². The van der Waals surface area contributed by atoms with Crippen molar-refractivity contribution in [3.8, 4) is 0 Å². The fourth-order valence-corrected chi connectivity index (χ4v) is 3.30. The monoisotopic (exact) mass is 250 g/mol. The predicted molar refractivity (Wildman–Crippen MR) is 70.1 cm³/mol. The Morgan fingerprint density at radius 2 is 2.12 bits per heavy atom. The van der Waals surface area contributed by atoms with E-state index in [1.54, 1.807) is 11.3 Å². The number of thiazole rings is 1. The van der Waals surface area contributed by atoms with Crippen molar-refractivity contribution in [3.63, 3.8) is 0 Å². The number of carbonyl (C=O) groups is 1. The Morgan fingerprint density at radius 3 is 2.65 bits per heavy atom. The number of hydrogen-bond donors (Lipinski definition) is 0. The Kier molecular flexibility index (Phi) is 2.69. The summed E-state index contributed by atoms with van der Waals surface area (Å²) in [6.45, 7) is 2.26. The lowest BCUT2D eigenvalue weighted by Gasteiger charge is -2.23. The van der Waals surface area contributed by atoms with Gasteiger partial charge in [-0.15, -0.1) is 0 Å². The molecule has 2 aliphatic carbocycles. The first kappa shape index (κ1) is 11.2. The van der Waals surface area contributed by atoms with E-state index in [1.165, 1.54) is 25.7 Å². The zero-order chi connectivity index (χ0) is 12.0. The van der Waals surface area contributed by atoms with Crippen molar-refractivity contribution in [2.24, 2.45) is 5.92 Å². The summed E-state index contributed by atoms with van der Waals surface area (Å²) >= 11 is 1.56. The molecule has 2 saturated carbocycles. The topological polar surface area (TPSA) is 33.2 Å². The maximum atomic E-state index is 11.1. The van der Waals surface area contributed by atoms with Gasteiger partial charge in [0, 0.05) is 19.0 Å². The molecule has 1 heterocycles. The van der Waals surface area contributed by atoms with E-state index >= 15 is 0 Å². The largest absolute Gasteiger partial charge is 0.348 e. The van der Waals surface area contributed by atoms with Crippen LogP contribution >= 0.6 is 11.3 Å². The third-order valence-corrected chi connectivity index (χ3v) is 5.04. The van der Waals surface area contributed by atoms with E-state index in [0.717, 1.165) is 27.9 Å². The van der Waals surface area contributed by atoms with Crippen LogP contribution in [0.3, 0.4) is 0 Å². The summed E-state index contributed by atoms with van der Waals surface area (Å²) in [7, 11) is 2.10. The van der Waals surface area contributed by atoms with Crippen LogP contribution in [0.15, 0.2) is 0 Å². The van der Waals surface area contributed by atoms with Crippen LogP contribution in [-0.2, 0) is 0 Å². The van der Waals surface area contributed by atoms with Gasteiger partial charge in [-0.3, -0.25) is 4.79 Å². The van der Waals surface area contributed by atoms with E-state index in [9.17, 15) is 4.79 Å². The summed E-state index contributed by atoms with van der Waals surface area (Å²) in [4.78, 5) is 18.8. The van der Waals surface area contributed by atoms with Crippen LogP contribution in [-0.4, -0.2) is 24.4 Å². The summed E-state index contributed by atoms with van der Waals surface area (Å²) in [5.41, 5.74) is 1.05. The summed E-state index contributed by atoms with van der Waals surface area (Å²) in [6, 6.07) is 0.549. The molecule has 2 fully saturated rings. The minimum absolute atomic E-state index is 0.549. The molecule has 92 valence electrons. The van der Waals surface area contributed by atoms with Crippen LogP contribution < -0.4 is 4.90 Å². The zero-order valence-electron chi connectivity index (χ0n) is 10.3. The Morgan fingerprint density at radius 1 is 1.41 bits per heavy atom. The lowest BCUT2D eigenvalue weighted by molar-refractivity contribution is 0.112. The van der Waals surface area contributed by atoms with E-state index in [2.05, 4.69) is 23.9 Å². The van der Waals surface area contributed by atoms with Gasteiger partial charge in [-0.05, 0) is 38.5 Å². The molecule has 4 heteroatoms. The second-order valence-electron chi connectivity index (χ2n) is 5.33. The van der Waals surface area contributed by atoms with E-state index in [1.807, 2.05) is 0 Å². The summed E-state index contributed by atoms with van der Waals surface area (Å²) in [6.07, 6.45) is 6.06. The highest BCUT2D eigenvalue weighted by molar-refractivity contribution is 7.17. The van der Waals surface area contributed by atoms with Gasteiger partial charge in [0.2, 0.25) is 0 Å². The number of carbonyl (C=O) groups excluding carboxylic acids is 1. The van der Waals surface area contributed by atoms with Crippen molar-refractivity contribution in [1.29, 1.82) is 0 Å². The fourth-order valence-electron chi connectivity index (χ4n) is 2.29. The number of aromatic nitrogens is 1. The van der Waals surface area contributed by atoms with Gasteiger partial charge in [-0.2, -0.15) is 0 Å². The second-order valence-corrected chi connectivity index (χ2v) is 6.34. The normalized spacial score (nSPS) is 21.3. The molecule has 3 nitrogen and oxygen atoms in total. The number of nitrogens with zero attached hydrogens (tertiary/aromatic N) is 2. The molecule has 0 N–H and O–H groups in total. The minimum atomic E-state index is 0.549. The van der Waals surface area contributed by atoms with Crippen LogP contribution in [0.4, 0.5) is 5.13 Å². The van der Waals surface area contributed by atoms with Crippen LogP contribution in [0, 0.1) is 5.92 Å². The molecule has 1 unspecified atom stereocenters. The first-order valence-electron chi connectivity index (χ1n) is 6.39. The van der Waals surface area contributed by atoms with E-state index in [-0.39, 0.29) is 0 Å². The summed E-state index contributed by atoms with van der Waals surface area (Å²) < 4.78 is 0. The van der Waals surface area contributed by atoms with E-state index < -0.39 is 0 Å². The molecule has 0 aliphatic heterocycles. The van der Waals surface area contributed by atoms with Gasteiger partial charge in [-0.1, -0.05) is 11.3 Å². The average Bonchev–Trinajstić information content (AvgIpc) is 3.23. The highest BCUT2D eigenvalue weighted by Crippen LogP contribution is 2.44. The van der Waals surface area contributed by atoms with Crippen molar-refractivity contribution in [2.45, 2.75) is 44.6 Å². The van der Waals surface area contributed by atoms with Gasteiger partial charge >= 0.3 is 0 Å². The first-order valence-corrected chi connectivity index (χ1v) is 7.21. The number of anilines is 1. The molecule has 0 spiro atoms. The summed E-state index contributed by atoms with van der Waals surface area (Å²) in [5, 5.41) is 1.02. The molecule has 1 atom stereocenters. The van der Waals surface area contributed by atoms with Gasteiger partial charge < -0.3 is 4.90 Å². The van der Waals surface area contributed by atoms with E-state index in [4.69, 9.17) is 0 Å². The molecule has 3 rings (SSSR count). The van der Waals surface area contributed by atoms with E-state index in [0.29, 0.717) is 12.0 Å². The van der Waals surface area contributed by atoms with Crippen LogP contribution in [0.5, 0.6) is 0 Å². The van der Waals surface area contributed by atoms with Crippen molar-refractivity contribution in [3.05, 3.63) is 10.6 Å². The highest BCUT2D eigenvalue weighted by Gasteiger charge is 2.34. The Hall–Kier alpha value is -0.900. The zero-order valence-corrected chi connectivity index (χ0v) is 11.2. The molecule has 1 aromatic heterocycles. The molecule has 0 radical (unpaired) electrons. The SMILES string of the molecule is CC(C1CC1)N(C)c1nc(C2CC2)c(C=O)s1. The van der Waals surface area contributed by atoms with Gasteiger partial charge in [0.05, 0.1) is 10.6 Å². The van der Waals surface area contributed by atoms with Crippen LogP contribution in [0.1, 0.15) is 53.9 Å². The molecule has 17 heavy (non-hydrogen) atoms. The highest BCUT2D eigenvalue weighted by atomic mass is 32.1. The number of hydrogen-bond acceptors (Lipinski definition) is 4. The van der Waals surface area contributed by atoms with Crippen molar-refractivity contribution in [1.82, 2.24) is 4.98 Å². The lowest BCUT2D eigenvalue weighted by Crippen LogP contribution is -2.30. The average molecular weight is 250 g/mol. The van der Waals surface area contributed by atoms with Gasteiger partial charge in [0.15, 0.2) is 11.4 Å². The Bertz CT molecular complexity index is 435. The van der Waals surface area contributed by atoms with Gasteiger partial charge in [0.25, 0.3) is 0 Å². The van der Waals surface area contributed by atoms with Gasteiger partial charge in [0.1, 0.15) is 0 Å². The first-order chi connectivity index (χ1) is 8.20. The number of aldehydes is 1. The van der Waals surface area contributed by atoms with Crippen molar-refractivity contribution < 1.29 is 4.79 Å². The fraction of sp³-hybridized carbons (Fsp3) is 0.692. The molecule has 0 amide bonds. The molecular weight excluding hydrogens is 232 g/mol. The molecule has 0 aromatic carbocycles. The minimum Gasteiger partial charge on any atom is -0.348 e. The molecule has 0 saturated heterocycles. The summed E-state index contributed by atoms with van der Waals surface area (Å²) in [5.74, 6) is 1.39.